The highest BCUT2D eigenvalue weighted by Crippen LogP contribution is 2.40. The van der Waals surface area contributed by atoms with Crippen LogP contribution >= 0.6 is 24.4 Å². The zero-order valence-corrected chi connectivity index (χ0v) is 20.8. The molecule has 0 atom stereocenters. The lowest BCUT2D eigenvalue weighted by Crippen LogP contribution is -2.45. The van der Waals surface area contributed by atoms with Gasteiger partial charge in [0.1, 0.15) is 5.84 Å². The van der Waals surface area contributed by atoms with Crippen molar-refractivity contribution >= 4 is 51.7 Å². The second kappa shape index (κ2) is 9.68. The van der Waals surface area contributed by atoms with Crippen molar-refractivity contribution in [2.24, 2.45) is 4.99 Å². The molecular weight excluding hydrogens is 479 g/mol. The van der Waals surface area contributed by atoms with Crippen LogP contribution in [0.4, 0.5) is 24.5 Å². The molecule has 34 heavy (non-hydrogen) atoms. The minimum Gasteiger partial charge on any atom is -0.378 e. The minimum absolute atomic E-state index is 0.158. The van der Waals surface area contributed by atoms with Crippen LogP contribution in [0.1, 0.15) is 37.5 Å². The summed E-state index contributed by atoms with van der Waals surface area (Å²) in [6, 6.07) is 12.9. The Bertz CT molecular complexity index is 1180. The summed E-state index contributed by atoms with van der Waals surface area (Å²) in [6.45, 7) is 8.48. The second-order valence-electron chi connectivity index (χ2n) is 8.28. The number of hydrogen-bond donors (Lipinski definition) is 1. The van der Waals surface area contributed by atoms with Crippen molar-refractivity contribution in [2.45, 2.75) is 39.4 Å². The fourth-order valence-electron chi connectivity index (χ4n) is 3.83. The Hall–Kier alpha value is -3.03. The van der Waals surface area contributed by atoms with Gasteiger partial charge in [-0.1, -0.05) is 29.9 Å². The Morgan fingerprint density at radius 1 is 1.15 bits per heavy atom. The van der Waals surface area contributed by atoms with Gasteiger partial charge in [-0.25, -0.2) is 0 Å². The summed E-state index contributed by atoms with van der Waals surface area (Å²) < 4.78 is 41.1. The van der Waals surface area contributed by atoms with Crippen LogP contribution in [0, 0.1) is 18.3 Å². The van der Waals surface area contributed by atoms with E-state index in [2.05, 4.69) is 5.32 Å². The predicted octanol–water partition coefficient (Wildman–Crippen LogP) is 5.61. The smallest absolute Gasteiger partial charge is 0.378 e. The van der Waals surface area contributed by atoms with Crippen LogP contribution in [-0.2, 0) is 6.18 Å². The van der Waals surface area contributed by atoms with Crippen molar-refractivity contribution in [1.29, 1.82) is 5.26 Å². The van der Waals surface area contributed by atoms with Gasteiger partial charge in [-0.15, -0.1) is 0 Å². The standard InChI is InChI=1S/C24H24F3N5S2/c1-5-29-20(33)14-30-21-23(3,4)32(17-9-6-15(2)7-10-17)22(34)31(21)18-11-8-16(13-28)19(12-18)24(25,26)27/h6-12H,5,14H2,1-4H3,(H,29,33). The molecule has 0 bridgehead atoms. The van der Waals surface area contributed by atoms with Gasteiger partial charge in [0.05, 0.1) is 40.0 Å². The number of nitrogens with zero attached hydrogens (tertiary/aromatic N) is 4. The van der Waals surface area contributed by atoms with Gasteiger partial charge in [-0.2, -0.15) is 18.4 Å². The summed E-state index contributed by atoms with van der Waals surface area (Å²) in [5, 5.41) is 12.5. The zero-order valence-electron chi connectivity index (χ0n) is 19.2. The van der Waals surface area contributed by atoms with Gasteiger partial charge in [-0.05, 0) is 70.2 Å². The van der Waals surface area contributed by atoms with Gasteiger partial charge < -0.3 is 10.2 Å². The first-order valence-corrected chi connectivity index (χ1v) is 11.4. The fraction of sp³-hybridized carbons (Fsp3) is 0.333. The third-order valence-electron chi connectivity index (χ3n) is 5.43. The van der Waals surface area contributed by atoms with Gasteiger partial charge in [-0.3, -0.25) is 9.89 Å². The third kappa shape index (κ3) is 4.91. The Morgan fingerprint density at radius 2 is 1.76 bits per heavy atom. The first kappa shape index (κ1) is 25.6. The number of alkyl halides is 3. The predicted molar refractivity (Wildman–Crippen MR) is 138 cm³/mol. The Labute approximate surface area is 207 Å². The van der Waals surface area contributed by atoms with E-state index in [1.165, 1.54) is 11.0 Å². The van der Waals surface area contributed by atoms with E-state index in [1.54, 1.807) is 6.07 Å². The van der Waals surface area contributed by atoms with Crippen molar-refractivity contribution in [3.63, 3.8) is 0 Å². The molecule has 1 N–H and O–H groups in total. The summed E-state index contributed by atoms with van der Waals surface area (Å²) >= 11 is 11.1. The normalized spacial score (nSPS) is 16.6. The number of likely N-dealkylation sites (N-methyl/N-ethyl adjacent to an activating group) is 1. The first-order valence-electron chi connectivity index (χ1n) is 10.6. The number of benzene rings is 2. The Morgan fingerprint density at radius 3 is 2.32 bits per heavy atom. The molecule has 1 saturated heterocycles. The average Bonchev–Trinajstić information content (AvgIpc) is 2.96. The summed E-state index contributed by atoms with van der Waals surface area (Å²) in [4.78, 5) is 8.60. The monoisotopic (exact) mass is 503 g/mol. The van der Waals surface area contributed by atoms with Crippen LogP contribution in [0.3, 0.4) is 0 Å². The molecule has 0 aliphatic carbocycles. The van der Waals surface area contributed by atoms with E-state index in [-0.39, 0.29) is 17.3 Å². The molecule has 0 spiro atoms. The molecule has 2 aromatic rings. The van der Waals surface area contributed by atoms with E-state index in [1.807, 2.05) is 56.9 Å². The molecule has 1 heterocycles. The molecule has 5 nitrogen and oxygen atoms in total. The lowest BCUT2D eigenvalue weighted by atomic mass is 10.0. The maximum atomic E-state index is 13.7. The highest BCUT2D eigenvalue weighted by atomic mass is 32.1. The number of thiocarbonyl (C=S) groups is 2. The van der Waals surface area contributed by atoms with Crippen LogP contribution in [0.2, 0.25) is 0 Å². The van der Waals surface area contributed by atoms with Crippen LogP contribution in [0.5, 0.6) is 0 Å². The molecular formula is C24H24F3N5S2. The van der Waals surface area contributed by atoms with E-state index in [4.69, 9.17) is 29.4 Å². The highest BCUT2D eigenvalue weighted by Gasteiger charge is 2.48. The second-order valence-corrected chi connectivity index (χ2v) is 9.14. The van der Waals surface area contributed by atoms with Crippen LogP contribution in [0.25, 0.3) is 0 Å². The number of hydrogen-bond acceptors (Lipinski definition) is 4. The topological polar surface area (TPSA) is 54.7 Å². The van der Waals surface area contributed by atoms with Gasteiger partial charge in [0, 0.05) is 12.2 Å². The average molecular weight is 504 g/mol. The number of rotatable bonds is 5. The summed E-state index contributed by atoms with van der Waals surface area (Å²) in [5.41, 5.74) is -0.245. The molecule has 0 radical (unpaired) electrons. The molecule has 1 aliphatic rings. The van der Waals surface area contributed by atoms with Crippen molar-refractivity contribution in [3.05, 3.63) is 59.2 Å². The van der Waals surface area contributed by atoms with Crippen molar-refractivity contribution < 1.29 is 13.2 Å². The minimum atomic E-state index is -4.70. The summed E-state index contributed by atoms with van der Waals surface area (Å²) in [5.74, 6) is 0.455. The van der Waals surface area contributed by atoms with E-state index in [9.17, 15) is 18.4 Å². The number of nitrogens with one attached hydrogen (secondary N) is 1. The molecule has 0 unspecified atom stereocenters. The number of aryl methyl sites for hydroxylation is 1. The van der Waals surface area contributed by atoms with Crippen molar-refractivity contribution in [2.75, 3.05) is 22.9 Å². The Balaban J connectivity index is 2.19. The van der Waals surface area contributed by atoms with Gasteiger partial charge in [0.2, 0.25) is 0 Å². The maximum absolute atomic E-state index is 13.7. The molecule has 1 aliphatic heterocycles. The van der Waals surface area contributed by atoms with Crippen LogP contribution < -0.4 is 15.1 Å². The van der Waals surface area contributed by atoms with Crippen molar-refractivity contribution in [3.8, 4) is 6.07 Å². The SMILES string of the molecule is CCNC(=S)CN=C1N(c2ccc(C#N)c(C(F)(F)F)c2)C(=S)N(c2ccc(C)cc2)C1(C)C. The molecule has 10 heteroatoms. The number of amidine groups is 1. The zero-order chi connectivity index (χ0) is 25.3. The fourth-order valence-corrected chi connectivity index (χ4v) is 4.56. The number of nitriles is 1. The third-order valence-corrected chi connectivity index (χ3v) is 6.06. The van der Waals surface area contributed by atoms with E-state index >= 15 is 0 Å². The first-order chi connectivity index (χ1) is 15.9. The van der Waals surface area contributed by atoms with E-state index in [0.717, 1.165) is 23.4 Å². The van der Waals surface area contributed by atoms with Gasteiger partial charge >= 0.3 is 6.18 Å². The maximum Gasteiger partial charge on any atom is 0.417 e. The molecule has 178 valence electrons. The largest absolute Gasteiger partial charge is 0.417 e. The summed E-state index contributed by atoms with van der Waals surface area (Å²) in [7, 11) is 0. The molecule has 0 amide bonds. The molecule has 2 aromatic carbocycles. The molecule has 3 rings (SSSR count). The number of anilines is 2. The highest BCUT2D eigenvalue weighted by molar-refractivity contribution is 7.81. The number of halogens is 3. The quantitative estimate of drug-likeness (QED) is 0.536. The van der Waals surface area contributed by atoms with Crippen LogP contribution in [0.15, 0.2) is 47.5 Å². The molecule has 1 fully saturated rings. The number of aliphatic imine (C=N–C) groups is 1. The summed E-state index contributed by atoms with van der Waals surface area (Å²) in [6.07, 6.45) is -4.70. The van der Waals surface area contributed by atoms with E-state index in [0.29, 0.717) is 17.4 Å². The Kier molecular flexibility index (Phi) is 7.29. The van der Waals surface area contributed by atoms with Gasteiger partial charge in [0.25, 0.3) is 0 Å². The molecule has 0 saturated carbocycles. The van der Waals surface area contributed by atoms with Crippen molar-refractivity contribution in [1.82, 2.24) is 5.32 Å². The van der Waals surface area contributed by atoms with Gasteiger partial charge in [0.15, 0.2) is 5.11 Å². The van der Waals surface area contributed by atoms with E-state index < -0.39 is 22.8 Å². The van der Waals surface area contributed by atoms with Crippen LogP contribution in [-0.4, -0.2) is 34.6 Å². The molecule has 0 aromatic heterocycles. The lowest BCUT2D eigenvalue weighted by molar-refractivity contribution is -0.137. The lowest BCUT2D eigenvalue weighted by Gasteiger charge is -2.31.